The number of anilines is 1. The number of likely N-dealkylation sites (N-methyl/N-ethyl adjacent to an activating group) is 1. The number of carbonyl (C=O) groups is 2. The number of rotatable bonds is 11. The first-order valence-corrected chi connectivity index (χ1v) is 14.3. The van der Waals surface area contributed by atoms with Crippen molar-refractivity contribution >= 4 is 43.5 Å². The number of sulfonamides is 1. The fourth-order valence-corrected chi connectivity index (χ4v) is 5.62. The molecule has 0 bridgehead atoms. The van der Waals surface area contributed by atoms with Crippen LogP contribution < -0.4 is 14.4 Å². The van der Waals surface area contributed by atoms with Crippen molar-refractivity contribution in [3.05, 3.63) is 88.4 Å². The second-order valence-corrected chi connectivity index (χ2v) is 11.5. The van der Waals surface area contributed by atoms with Gasteiger partial charge in [-0.05, 0) is 68.8 Å². The van der Waals surface area contributed by atoms with Crippen LogP contribution in [0.4, 0.5) is 5.69 Å². The van der Waals surface area contributed by atoms with Crippen molar-refractivity contribution in [1.82, 2.24) is 10.2 Å². The highest BCUT2D eigenvalue weighted by Crippen LogP contribution is 2.27. The third kappa shape index (κ3) is 7.14. The summed E-state index contributed by atoms with van der Waals surface area (Å²) in [4.78, 5) is 28.0. The Kier molecular flexibility index (Phi) is 9.93. The highest BCUT2D eigenvalue weighted by atomic mass is 79.9. The summed E-state index contributed by atoms with van der Waals surface area (Å²) in [6.45, 7) is 5.31. The van der Waals surface area contributed by atoms with E-state index in [-0.39, 0.29) is 17.3 Å². The first-order chi connectivity index (χ1) is 18.1. The Balaban J connectivity index is 2.02. The molecule has 10 heteroatoms. The average molecular weight is 603 g/mol. The molecule has 38 heavy (non-hydrogen) atoms. The molecule has 0 aliphatic rings. The van der Waals surface area contributed by atoms with Crippen molar-refractivity contribution in [2.24, 2.45) is 0 Å². The molecule has 202 valence electrons. The van der Waals surface area contributed by atoms with Crippen molar-refractivity contribution in [2.75, 3.05) is 24.5 Å². The number of aryl methyl sites for hydroxylation is 1. The number of ether oxygens (including phenoxy) is 1. The van der Waals surface area contributed by atoms with Crippen molar-refractivity contribution < 1.29 is 22.7 Å². The van der Waals surface area contributed by atoms with E-state index in [0.717, 1.165) is 15.4 Å². The summed E-state index contributed by atoms with van der Waals surface area (Å²) in [6, 6.07) is 19.5. The molecule has 0 aliphatic heterocycles. The molecule has 0 saturated heterocycles. The van der Waals surface area contributed by atoms with Crippen LogP contribution in [0, 0.1) is 6.92 Å². The fraction of sp³-hybridized carbons (Fsp3) is 0.286. The van der Waals surface area contributed by atoms with Crippen LogP contribution in [0.25, 0.3) is 0 Å². The minimum absolute atomic E-state index is 0.0642. The van der Waals surface area contributed by atoms with Gasteiger partial charge in [0.2, 0.25) is 11.8 Å². The van der Waals surface area contributed by atoms with Crippen LogP contribution in [-0.2, 0) is 26.2 Å². The van der Waals surface area contributed by atoms with Gasteiger partial charge in [0.15, 0.2) is 0 Å². The molecule has 0 heterocycles. The lowest BCUT2D eigenvalue weighted by molar-refractivity contribution is -0.139. The highest BCUT2D eigenvalue weighted by molar-refractivity contribution is 9.10. The van der Waals surface area contributed by atoms with E-state index in [9.17, 15) is 18.0 Å². The molecular formula is C28H32BrN3O5S. The Morgan fingerprint density at radius 3 is 2.26 bits per heavy atom. The maximum atomic E-state index is 13.8. The van der Waals surface area contributed by atoms with E-state index < -0.39 is 28.5 Å². The maximum absolute atomic E-state index is 13.8. The van der Waals surface area contributed by atoms with Crippen molar-refractivity contribution in [1.29, 1.82) is 0 Å². The lowest BCUT2D eigenvalue weighted by Crippen LogP contribution is -2.51. The zero-order valence-corrected chi connectivity index (χ0v) is 24.3. The number of amides is 2. The number of benzene rings is 3. The lowest BCUT2D eigenvalue weighted by Gasteiger charge is -2.32. The summed E-state index contributed by atoms with van der Waals surface area (Å²) in [5.74, 6) is -0.187. The highest BCUT2D eigenvalue weighted by Gasteiger charge is 2.32. The van der Waals surface area contributed by atoms with Crippen LogP contribution >= 0.6 is 15.9 Å². The minimum Gasteiger partial charge on any atom is -0.497 e. The van der Waals surface area contributed by atoms with Crippen LogP contribution in [0.15, 0.2) is 82.2 Å². The van der Waals surface area contributed by atoms with Gasteiger partial charge in [0, 0.05) is 17.6 Å². The number of hydrogen-bond donors (Lipinski definition) is 1. The molecule has 0 spiro atoms. The van der Waals surface area contributed by atoms with Gasteiger partial charge in [0.1, 0.15) is 18.3 Å². The molecule has 0 fully saturated rings. The molecule has 1 N–H and O–H groups in total. The predicted octanol–water partition coefficient (Wildman–Crippen LogP) is 4.51. The van der Waals surface area contributed by atoms with Crippen LogP contribution in [0.5, 0.6) is 5.75 Å². The van der Waals surface area contributed by atoms with Crippen LogP contribution in [0.1, 0.15) is 25.0 Å². The van der Waals surface area contributed by atoms with Crippen molar-refractivity contribution in [2.45, 2.75) is 38.3 Å². The molecule has 2 amide bonds. The molecule has 8 nitrogen and oxygen atoms in total. The predicted molar refractivity (Wildman–Crippen MR) is 152 cm³/mol. The van der Waals surface area contributed by atoms with Crippen molar-refractivity contribution in [3.63, 3.8) is 0 Å². The Morgan fingerprint density at radius 1 is 1.03 bits per heavy atom. The van der Waals surface area contributed by atoms with Gasteiger partial charge in [-0.15, -0.1) is 0 Å². The summed E-state index contributed by atoms with van der Waals surface area (Å²) < 4.78 is 34.5. The first kappa shape index (κ1) is 29.2. The molecule has 1 atom stereocenters. The van der Waals surface area contributed by atoms with Gasteiger partial charge in [-0.2, -0.15) is 0 Å². The second kappa shape index (κ2) is 12.9. The number of carbonyl (C=O) groups excluding carboxylic acids is 2. The Bertz CT molecular complexity index is 1360. The number of nitrogens with zero attached hydrogens (tertiary/aromatic N) is 2. The molecule has 3 rings (SSSR count). The van der Waals surface area contributed by atoms with E-state index >= 15 is 0 Å². The molecule has 3 aromatic carbocycles. The molecule has 0 unspecified atom stereocenters. The Morgan fingerprint density at radius 2 is 1.68 bits per heavy atom. The van der Waals surface area contributed by atoms with Gasteiger partial charge in [-0.25, -0.2) is 8.42 Å². The molecule has 0 aliphatic carbocycles. The molecule has 0 saturated carbocycles. The van der Waals surface area contributed by atoms with Crippen LogP contribution in [-0.4, -0.2) is 51.4 Å². The smallest absolute Gasteiger partial charge is 0.264 e. The minimum atomic E-state index is -4.11. The van der Waals surface area contributed by atoms with E-state index in [4.69, 9.17) is 4.74 Å². The van der Waals surface area contributed by atoms with Crippen LogP contribution in [0.3, 0.4) is 0 Å². The summed E-state index contributed by atoms with van der Waals surface area (Å²) in [5, 5.41) is 2.75. The summed E-state index contributed by atoms with van der Waals surface area (Å²) >= 11 is 3.39. The average Bonchev–Trinajstić information content (AvgIpc) is 2.90. The Hall–Kier alpha value is -3.37. The van der Waals surface area contributed by atoms with Gasteiger partial charge in [0.25, 0.3) is 10.0 Å². The SMILES string of the molecule is CCNC(=O)[C@@H](C)N(Cc1ccc(OC)cc1)C(=O)CN(c1cccc(Br)c1)S(=O)(=O)c1ccc(C)cc1. The monoisotopic (exact) mass is 601 g/mol. The fourth-order valence-electron chi connectivity index (χ4n) is 3.83. The number of hydrogen-bond acceptors (Lipinski definition) is 5. The second-order valence-electron chi connectivity index (χ2n) is 8.74. The number of nitrogens with one attached hydrogen (secondary N) is 1. The van der Waals surface area contributed by atoms with E-state index in [2.05, 4.69) is 21.2 Å². The zero-order chi connectivity index (χ0) is 27.9. The first-order valence-electron chi connectivity index (χ1n) is 12.1. The third-order valence-corrected chi connectivity index (χ3v) is 8.30. The molecule has 0 aromatic heterocycles. The molecular weight excluding hydrogens is 570 g/mol. The van der Waals surface area contributed by atoms with Crippen molar-refractivity contribution in [3.8, 4) is 5.75 Å². The van der Waals surface area contributed by atoms with Gasteiger partial charge in [-0.3, -0.25) is 13.9 Å². The normalized spacial score (nSPS) is 11.9. The van der Waals surface area contributed by atoms with E-state index in [1.54, 1.807) is 81.6 Å². The summed E-state index contributed by atoms with van der Waals surface area (Å²) in [6.07, 6.45) is 0. The zero-order valence-electron chi connectivity index (χ0n) is 21.8. The standard InChI is InChI=1S/C28H32BrN3O5S/c1-5-30-28(34)21(3)31(18-22-11-13-25(37-4)14-12-22)27(33)19-32(24-8-6-7-23(29)17-24)38(35,36)26-15-9-20(2)10-16-26/h6-17,21H,5,18-19H2,1-4H3,(H,30,34)/t21-/m1/s1. The summed E-state index contributed by atoms with van der Waals surface area (Å²) in [5.41, 5.74) is 2.00. The Labute approximate surface area is 232 Å². The number of halogens is 1. The van der Waals surface area contributed by atoms with E-state index in [0.29, 0.717) is 22.5 Å². The van der Waals surface area contributed by atoms with Gasteiger partial charge < -0.3 is 15.0 Å². The van der Waals surface area contributed by atoms with Gasteiger partial charge in [0.05, 0.1) is 17.7 Å². The maximum Gasteiger partial charge on any atom is 0.264 e. The molecule has 0 radical (unpaired) electrons. The van der Waals surface area contributed by atoms with E-state index in [1.807, 2.05) is 6.92 Å². The largest absolute Gasteiger partial charge is 0.497 e. The quantitative estimate of drug-likeness (QED) is 0.349. The topological polar surface area (TPSA) is 96.0 Å². The summed E-state index contributed by atoms with van der Waals surface area (Å²) in [7, 11) is -2.54. The van der Waals surface area contributed by atoms with E-state index in [1.165, 1.54) is 17.0 Å². The van der Waals surface area contributed by atoms with Gasteiger partial charge >= 0.3 is 0 Å². The molecule has 3 aromatic rings. The van der Waals surface area contributed by atoms with Gasteiger partial charge in [-0.1, -0.05) is 51.8 Å². The van der Waals surface area contributed by atoms with Crippen LogP contribution in [0.2, 0.25) is 0 Å². The number of methoxy groups -OCH3 is 1. The lowest BCUT2D eigenvalue weighted by atomic mass is 10.1. The third-order valence-electron chi connectivity index (χ3n) is 6.01.